The number of nitrogens with one attached hydrogen (secondary N) is 1. The van der Waals surface area contributed by atoms with Gasteiger partial charge in [0, 0.05) is 18.9 Å². The van der Waals surface area contributed by atoms with E-state index in [4.69, 9.17) is 5.73 Å². The maximum Gasteiger partial charge on any atom is 0.240 e. The first kappa shape index (κ1) is 12.8. The topological polar surface area (TPSA) is 60.1 Å². The third-order valence-corrected chi connectivity index (χ3v) is 3.20. The van der Waals surface area contributed by atoms with Crippen molar-refractivity contribution >= 4 is 5.91 Å². The molecule has 1 aromatic heterocycles. The standard InChI is InChI=1S/C12H21N3O/c1-4-12(13,5-2)11(16)14-9-10-7-6-8-15(10)3/h6-8H,4-5,9,13H2,1-3H3,(H,14,16). The van der Waals surface area contributed by atoms with E-state index in [-0.39, 0.29) is 5.91 Å². The summed E-state index contributed by atoms with van der Waals surface area (Å²) in [6, 6.07) is 3.94. The van der Waals surface area contributed by atoms with Crippen LogP contribution in [-0.4, -0.2) is 16.0 Å². The Hall–Kier alpha value is -1.29. The van der Waals surface area contributed by atoms with E-state index in [1.165, 1.54) is 0 Å². The minimum atomic E-state index is -0.731. The van der Waals surface area contributed by atoms with Crippen LogP contribution in [0.4, 0.5) is 0 Å². The van der Waals surface area contributed by atoms with Crippen LogP contribution in [0.15, 0.2) is 18.3 Å². The van der Waals surface area contributed by atoms with Crippen LogP contribution in [0.5, 0.6) is 0 Å². The van der Waals surface area contributed by atoms with Gasteiger partial charge in [0.2, 0.25) is 5.91 Å². The molecular formula is C12H21N3O. The summed E-state index contributed by atoms with van der Waals surface area (Å²) in [7, 11) is 1.96. The fraction of sp³-hybridized carbons (Fsp3) is 0.583. The summed E-state index contributed by atoms with van der Waals surface area (Å²) in [5.41, 5.74) is 6.34. The van der Waals surface area contributed by atoms with Crippen LogP contribution in [0.1, 0.15) is 32.4 Å². The average Bonchev–Trinajstić information content (AvgIpc) is 2.70. The zero-order valence-electron chi connectivity index (χ0n) is 10.3. The van der Waals surface area contributed by atoms with Crippen molar-refractivity contribution in [2.24, 2.45) is 12.8 Å². The molecule has 0 aliphatic carbocycles. The second-order valence-electron chi connectivity index (χ2n) is 4.16. The molecule has 4 nitrogen and oxygen atoms in total. The predicted molar refractivity (Wildman–Crippen MR) is 64.8 cm³/mol. The highest BCUT2D eigenvalue weighted by Gasteiger charge is 2.29. The third-order valence-electron chi connectivity index (χ3n) is 3.20. The summed E-state index contributed by atoms with van der Waals surface area (Å²) in [4.78, 5) is 11.9. The van der Waals surface area contributed by atoms with Crippen molar-refractivity contribution in [1.29, 1.82) is 0 Å². The Morgan fingerprint density at radius 3 is 2.56 bits per heavy atom. The molecule has 0 saturated carbocycles. The summed E-state index contributed by atoms with van der Waals surface area (Å²) in [6.45, 7) is 4.40. The zero-order valence-corrected chi connectivity index (χ0v) is 10.3. The molecule has 1 aromatic rings. The lowest BCUT2D eigenvalue weighted by molar-refractivity contribution is -0.126. The first-order valence-corrected chi connectivity index (χ1v) is 5.71. The number of hydrogen-bond acceptors (Lipinski definition) is 2. The van der Waals surface area contributed by atoms with Gasteiger partial charge >= 0.3 is 0 Å². The largest absolute Gasteiger partial charge is 0.353 e. The molecule has 0 saturated heterocycles. The number of rotatable bonds is 5. The number of carbonyl (C=O) groups is 1. The van der Waals surface area contributed by atoms with E-state index in [0.29, 0.717) is 19.4 Å². The summed E-state index contributed by atoms with van der Waals surface area (Å²) >= 11 is 0. The minimum absolute atomic E-state index is 0.0706. The number of carbonyl (C=O) groups excluding carboxylic acids is 1. The molecule has 0 radical (unpaired) electrons. The Morgan fingerprint density at radius 1 is 1.50 bits per heavy atom. The number of amides is 1. The van der Waals surface area contributed by atoms with Gasteiger partial charge in [0.1, 0.15) is 0 Å². The molecule has 0 aliphatic heterocycles. The van der Waals surface area contributed by atoms with Crippen molar-refractivity contribution < 1.29 is 4.79 Å². The highest BCUT2D eigenvalue weighted by molar-refractivity contribution is 5.85. The van der Waals surface area contributed by atoms with Gasteiger partial charge in [0.15, 0.2) is 0 Å². The van der Waals surface area contributed by atoms with E-state index in [1.54, 1.807) is 0 Å². The molecule has 0 atom stereocenters. The number of nitrogens with zero attached hydrogens (tertiary/aromatic N) is 1. The summed E-state index contributed by atoms with van der Waals surface area (Å²) in [5, 5.41) is 2.88. The second-order valence-corrected chi connectivity index (χ2v) is 4.16. The Bertz CT molecular complexity index is 353. The van der Waals surface area contributed by atoms with Crippen molar-refractivity contribution in [2.75, 3.05) is 0 Å². The number of aryl methyl sites for hydroxylation is 1. The van der Waals surface area contributed by atoms with Crippen LogP contribution in [0.3, 0.4) is 0 Å². The van der Waals surface area contributed by atoms with Crippen LogP contribution in [0, 0.1) is 0 Å². The number of hydrogen-bond donors (Lipinski definition) is 2. The second kappa shape index (κ2) is 5.16. The van der Waals surface area contributed by atoms with Crippen molar-refractivity contribution in [3.8, 4) is 0 Å². The van der Waals surface area contributed by atoms with Gasteiger partial charge in [0.05, 0.1) is 12.1 Å². The Balaban J connectivity index is 2.56. The van der Waals surface area contributed by atoms with Crippen molar-refractivity contribution in [3.05, 3.63) is 24.0 Å². The lowest BCUT2D eigenvalue weighted by Gasteiger charge is -2.25. The highest BCUT2D eigenvalue weighted by atomic mass is 16.2. The fourth-order valence-corrected chi connectivity index (χ4v) is 1.60. The SMILES string of the molecule is CCC(N)(CC)C(=O)NCc1cccn1C. The lowest BCUT2D eigenvalue weighted by Crippen LogP contribution is -2.52. The number of nitrogens with two attached hydrogens (primary N) is 1. The van der Waals surface area contributed by atoms with Crippen LogP contribution < -0.4 is 11.1 Å². The summed E-state index contributed by atoms with van der Waals surface area (Å²) in [5.74, 6) is -0.0706. The molecule has 4 heteroatoms. The van der Waals surface area contributed by atoms with Gasteiger partial charge in [-0.25, -0.2) is 0 Å². The molecule has 0 aliphatic rings. The van der Waals surface area contributed by atoms with Gasteiger partial charge in [0.25, 0.3) is 0 Å². The first-order valence-electron chi connectivity index (χ1n) is 5.71. The van der Waals surface area contributed by atoms with E-state index in [9.17, 15) is 4.79 Å². The maximum atomic E-state index is 11.9. The van der Waals surface area contributed by atoms with Gasteiger partial charge in [-0.3, -0.25) is 4.79 Å². The van der Waals surface area contributed by atoms with Gasteiger partial charge in [-0.2, -0.15) is 0 Å². The van der Waals surface area contributed by atoms with E-state index in [0.717, 1.165) is 5.69 Å². The van der Waals surface area contributed by atoms with E-state index < -0.39 is 5.54 Å². The van der Waals surface area contributed by atoms with Gasteiger partial charge in [-0.1, -0.05) is 13.8 Å². The fourth-order valence-electron chi connectivity index (χ4n) is 1.60. The molecule has 16 heavy (non-hydrogen) atoms. The van der Waals surface area contributed by atoms with Crippen LogP contribution in [0.25, 0.3) is 0 Å². The monoisotopic (exact) mass is 223 g/mol. The predicted octanol–water partition coefficient (Wildman–Crippen LogP) is 1.16. The molecule has 1 amide bonds. The zero-order chi connectivity index (χ0) is 12.2. The molecule has 0 fully saturated rings. The van der Waals surface area contributed by atoms with E-state index >= 15 is 0 Å². The summed E-state index contributed by atoms with van der Waals surface area (Å²) < 4.78 is 1.98. The van der Waals surface area contributed by atoms with Crippen molar-refractivity contribution in [1.82, 2.24) is 9.88 Å². The Labute approximate surface area is 96.8 Å². The van der Waals surface area contributed by atoms with Crippen LogP contribution in [-0.2, 0) is 18.4 Å². The molecule has 1 rings (SSSR count). The third kappa shape index (κ3) is 2.64. The molecular weight excluding hydrogens is 202 g/mol. The quantitative estimate of drug-likeness (QED) is 0.787. The molecule has 0 spiro atoms. The normalized spacial score (nSPS) is 11.5. The Morgan fingerprint density at radius 2 is 2.12 bits per heavy atom. The molecule has 0 aromatic carbocycles. The molecule has 90 valence electrons. The van der Waals surface area contributed by atoms with Crippen molar-refractivity contribution in [2.45, 2.75) is 38.8 Å². The lowest BCUT2D eigenvalue weighted by atomic mass is 9.93. The van der Waals surface area contributed by atoms with Gasteiger partial charge in [-0.15, -0.1) is 0 Å². The smallest absolute Gasteiger partial charge is 0.240 e. The van der Waals surface area contributed by atoms with Crippen LogP contribution >= 0.6 is 0 Å². The molecule has 1 heterocycles. The first-order chi connectivity index (χ1) is 7.53. The minimum Gasteiger partial charge on any atom is -0.353 e. The number of aromatic nitrogens is 1. The Kier molecular flexibility index (Phi) is 4.12. The molecule has 0 unspecified atom stereocenters. The van der Waals surface area contributed by atoms with Gasteiger partial charge in [-0.05, 0) is 25.0 Å². The van der Waals surface area contributed by atoms with E-state index in [1.807, 2.05) is 43.8 Å². The van der Waals surface area contributed by atoms with Crippen LogP contribution in [0.2, 0.25) is 0 Å². The van der Waals surface area contributed by atoms with Gasteiger partial charge < -0.3 is 15.6 Å². The van der Waals surface area contributed by atoms with Crippen molar-refractivity contribution in [3.63, 3.8) is 0 Å². The average molecular weight is 223 g/mol. The maximum absolute atomic E-state index is 11.9. The summed E-state index contributed by atoms with van der Waals surface area (Å²) in [6.07, 6.45) is 3.27. The highest BCUT2D eigenvalue weighted by Crippen LogP contribution is 2.11. The molecule has 3 N–H and O–H groups in total. The van der Waals surface area contributed by atoms with E-state index in [2.05, 4.69) is 5.32 Å². The molecule has 0 bridgehead atoms.